The standard InChI is InChI=1S/C19H24O4/c1-4-5-6-7-8-17-18(13(2)19(21)23-17)15-9-11-16(12-10-15)22-14(3)20/h9-12,17H,4-8H2,1-3H3. The maximum atomic E-state index is 11.9. The van der Waals surface area contributed by atoms with E-state index < -0.39 is 0 Å². The van der Waals surface area contributed by atoms with Gasteiger partial charge in [-0.15, -0.1) is 0 Å². The first-order valence-corrected chi connectivity index (χ1v) is 8.23. The van der Waals surface area contributed by atoms with Crippen molar-refractivity contribution in [2.75, 3.05) is 0 Å². The van der Waals surface area contributed by atoms with Crippen LogP contribution in [0.3, 0.4) is 0 Å². The van der Waals surface area contributed by atoms with Crippen molar-refractivity contribution in [3.63, 3.8) is 0 Å². The van der Waals surface area contributed by atoms with E-state index in [4.69, 9.17) is 9.47 Å². The second kappa shape index (κ2) is 7.95. The van der Waals surface area contributed by atoms with E-state index in [1.165, 1.54) is 19.8 Å². The Balaban J connectivity index is 2.13. The van der Waals surface area contributed by atoms with Crippen molar-refractivity contribution in [1.82, 2.24) is 0 Å². The van der Waals surface area contributed by atoms with Gasteiger partial charge in [-0.25, -0.2) is 4.79 Å². The zero-order valence-corrected chi connectivity index (χ0v) is 14.1. The molecule has 0 aromatic heterocycles. The highest BCUT2D eigenvalue weighted by Crippen LogP contribution is 2.34. The lowest BCUT2D eigenvalue weighted by Gasteiger charge is -2.15. The molecule has 1 atom stereocenters. The van der Waals surface area contributed by atoms with E-state index in [0.29, 0.717) is 11.3 Å². The van der Waals surface area contributed by atoms with Crippen LogP contribution in [0.1, 0.15) is 58.4 Å². The number of esters is 2. The summed E-state index contributed by atoms with van der Waals surface area (Å²) in [4.78, 5) is 22.9. The van der Waals surface area contributed by atoms with Gasteiger partial charge in [-0.1, -0.05) is 38.3 Å². The molecule has 4 nitrogen and oxygen atoms in total. The molecule has 1 heterocycles. The summed E-state index contributed by atoms with van der Waals surface area (Å²) in [6, 6.07) is 7.23. The number of ether oxygens (including phenoxy) is 2. The highest BCUT2D eigenvalue weighted by molar-refractivity contribution is 6.02. The summed E-state index contributed by atoms with van der Waals surface area (Å²) in [5.74, 6) is -0.0740. The molecule has 2 rings (SSSR count). The molecule has 1 aliphatic heterocycles. The van der Waals surface area contributed by atoms with Crippen LogP contribution in [0.15, 0.2) is 29.8 Å². The third-order valence-corrected chi connectivity index (χ3v) is 4.03. The number of cyclic esters (lactones) is 1. The van der Waals surface area contributed by atoms with E-state index in [9.17, 15) is 9.59 Å². The lowest BCUT2D eigenvalue weighted by atomic mass is 9.94. The van der Waals surface area contributed by atoms with Gasteiger partial charge in [0.25, 0.3) is 0 Å². The second-order valence-corrected chi connectivity index (χ2v) is 5.90. The molecule has 1 unspecified atom stereocenters. The molecule has 1 aromatic rings. The van der Waals surface area contributed by atoms with Crippen LogP contribution in [-0.2, 0) is 14.3 Å². The number of carbonyl (C=O) groups excluding carboxylic acids is 2. The Morgan fingerprint density at radius 2 is 1.87 bits per heavy atom. The monoisotopic (exact) mass is 316 g/mol. The van der Waals surface area contributed by atoms with Gasteiger partial charge in [0.05, 0.1) is 0 Å². The molecule has 23 heavy (non-hydrogen) atoms. The Morgan fingerprint density at radius 1 is 1.17 bits per heavy atom. The molecule has 0 amide bonds. The fraction of sp³-hybridized carbons (Fsp3) is 0.474. The fourth-order valence-corrected chi connectivity index (χ4v) is 2.86. The van der Waals surface area contributed by atoms with Gasteiger partial charge in [0.2, 0.25) is 0 Å². The molecule has 0 bridgehead atoms. The van der Waals surface area contributed by atoms with E-state index in [1.54, 1.807) is 12.1 Å². The number of benzene rings is 1. The molecule has 0 spiro atoms. The summed E-state index contributed by atoms with van der Waals surface area (Å²) in [7, 11) is 0. The summed E-state index contributed by atoms with van der Waals surface area (Å²) >= 11 is 0. The Hall–Kier alpha value is -2.10. The zero-order valence-electron chi connectivity index (χ0n) is 14.1. The Labute approximate surface area is 137 Å². The van der Waals surface area contributed by atoms with Gasteiger partial charge in [0, 0.05) is 18.1 Å². The van der Waals surface area contributed by atoms with Crippen LogP contribution >= 0.6 is 0 Å². The number of unbranched alkanes of at least 4 members (excludes halogenated alkanes) is 3. The minimum atomic E-state index is -0.346. The van der Waals surface area contributed by atoms with Crippen molar-refractivity contribution in [2.24, 2.45) is 0 Å². The van der Waals surface area contributed by atoms with E-state index in [-0.39, 0.29) is 18.0 Å². The van der Waals surface area contributed by atoms with Gasteiger partial charge in [-0.3, -0.25) is 4.79 Å². The van der Waals surface area contributed by atoms with E-state index in [1.807, 2.05) is 19.1 Å². The number of hydrogen-bond donors (Lipinski definition) is 0. The van der Waals surface area contributed by atoms with Crippen LogP contribution < -0.4 is 4.74 Å². The molecular formula is C19H24O4. The molecule has 0 saturated heterocycles. The van der Waals surface area contributed by atoms with Gasteiger partial charge in [0.15, 0.2) is 0 Å². The van der Waals surface area contributed by atoms with Gasteiger partial charge in [-0.2, -0.15) is 0 Å². The summed E-state index contributed by atoms with van der Waals surface area (Å²) in [5.41, 5.74) is 2.58. The van der Waals surface area contributed by atoms with Crippen molar-refractivity contribution < 1.29 is 19.1 Å². The summed E-state index contributed by atoms with van der Waals surface area (Å²) in [5, 5.41) is 0. The zero-order chi connectivity index (χ0) is 16.8. The topological polar surface area (TPSA) is 52.6 Å². The number of rotatable bonds is 7. The molecule has 124 valence electrons. The smallest absolute Gasteiger partial charge is 0.334 e. The van der Waals surface area contributed by atoms with Crippen molar-refractivity contribution in [2.45, 2.75) is 59.0 Å². The van der Waals surface area contributed by atoms with Crippen molar-refractivity contribution >= 4 is 17.5 Å². The van der Waals surface area contributed by atoms with Crippen molar-refractivity contribution in [3.05, 3.63) is 35.4 Å². The first-order valence-electron chi connectivity index (χ1n) is 8.23. The predicted octanol–water partition coefficient (Wildman–Crippen LogP) is 4.28. The molecule has 1 aliphatic rings. The minimum Gasteiger partial charge on any atom is -0.454 e. The highest BCUT2D eigenvalue weighted by atomic mass is 16.5. The molecule has 4 heteroatoms. The molecule has 0 fully saturated rings. The maximum absolute atomic E-state index is 11.9. The highest BCUT2D eigenvalue weighted by Gasteiger charge is 2.31. The third-order valence-electron chi connectivity index (χ3n) is 4.03. The summed E-state index contributed by atoms with van der Waals surface area (Å²) in [6.45, 7) is 5.36. The number of carbonyl (C=O) groups is 2. The van der Waals surface area contributed by atoms with Gasteiger partial charge in [0.1, 0.15) is 11.9 Å². The van der Waals surface area contributed by atoms with Gasteiger partial charge in [-0.05, 0) is 37.5 Å². The Kier molecular flexibility index (Phi) is 5.97. The Bertz CT molecular complexity index is 598. The minimum absolute atomic E-state index is 0.168. The van der Waals surface area contributed by atoms with Crippen LogP contribution in [0.2, 0.25) is 0 Å². The maximum Gasteiger partial charge on any atom is 0.334 e. The summed E-state index contributed by atoms with van der Waals surface area (Å²) < 4.78 is 10.6. The predicted molar refractivity (Wildman–Crippen MR) is 89.0 cm³/mol. The van der Waals surface area contributed by atoms with Crippen molar-refractivity contribution in [1.29, 1.82) is 0 Å². The van der Waals surface area contributed by atoms with Crippen LogP contribution in [0.5, 0.6) is 5.75 Å². The molecular weight excluding hydrogens is 292 g/mol. The summed E-state index contributed by atoms with van der Waals surface area (Å²) in [6.07, 6.45) is 5.28. The lowest BCUT2D eigenvalue weighted by molar-refractivity contribution is -0.139. The fourth-order valence-electron chi connectivity index (χ4n) is 2.86. The normalized spacial score (nSPS) is 17.3. The third kappa shape index (κ3) is 4.44. The van der Waals surface area contributed by atoms with E-state index >= 15 is 0 Å². The average molecular weight is 316 g/mol. The lowest BCUT2D eigenvalue weighted by Crippen LogP contribution is -2.11. The van der Waals surface area contributed by atoms with Crippen LogP contribution in [0.4, 0.5) is 0 Å². The van der Waals surface area contributed by atoms with E-state index in [2.05, 4.69) is 6.92 Å². The van der Waals surface area contributed by atoms with Crippen molar-refractivity contribution in [3.8, 4) is 5.75 Å². The molecule has 0 N–H and O–H groups in total. The first-order chi connectivity index (χ1) is 11.0. The Morgan fingerprint density at radius 3 is 2.48 bits per heavy atom. The molecule has 0 radical (unpaired) electrons. The average Bonchev–Trinajstić information content (AvgIpc) is 2.79. The largest absolute Gasteiger partial charge is 0.454 e. The SMILES string of the molecule is CCCCCCC1OC(=O)C(C)=C1c1ccc(OC(C)=O)cc1. The molecule has 0 aliphatic carbocycles. The van der Waals surface area contributed by atoms with Crippen LogP contribution in [-0.4, -0.2) is 18.0 Å². The van der Waals surface area contributed by atoms with Gasteiger partial charge >= 0.3 is 11.9 Å². The molecule has 1 aromatic carbocycles. The van der Waals surface area contributed by atoms with Gasteiger partial charge < -0.3 is 9.47 Å². The first kappa shape index (κ1) is 17.3. The van der Waals surface area contributed by atoms with E-state index in [0.717, 1.165) is 30.4 Å². The molecule has 0 saturated carbocycles. The number of hydrogen-bond acceptors (Lipinski definition) is 4. The second-order valence-electron chi connectivity index (χ2n) is 5.90. The quantitative estimate of drug-likeness (QED) is 0.428. The van der Waals surface area contributed by atoms with Crippen LogP contribution in [0.25, 0.3) is 5.57 Å². The van der Waals surface area contributed by atoms with Crippen LogP contribution in [0, 0.1) is 0 Å².